The standard InChI is InChI=1S/C18H27N3O2/c1-3-10-20-17(22)15-8-5-7-14(12-15)16-9-6-11-21(13-16)18(23)19-4-2/h5,7-8,12,16H,3-4,6,9-11,13H2,1-2H3,(H,19,23)(H,20,22)/t16-/m0/s1. The summed E-state index contributed by atoms with van der Waals surface area (Å²) >= 11 is 0. The zero-order valence-corrected chi connectivity index (χ0v) is 14.1. The Morgan fingerprint density at radius 1 is 1.26 bits per heavy atom. The number of amides is 3. The van der Waals surface area contributed by atoms with Gasteiger partial charge in [0.2, 0.25) is 0 Å². The second-order valence-corrected chi connectivity index (χ2v) is 6.00. The van der Waals surface area contributed by atoms with E-state index in [1.165, 1.54) is 0 Å². The van der Waals surface area contributed by atoms with Gasteiger partial charge in [0.05, 0.1) is 0 Å². The highest BCUT2D eigenvalue weighted by molar-refractivity contribution is 5.94. The molecule has 1 atom stereocenters. The predicted octanol–water partition coefficient (Wildman–Crippen LogP) is 2.74. The maximum Gasteiger partial charge on any atom is 0.317 e. The summed E-state index contributed by atoms with van der Waals surface area (Å²) in [4.78, 5) is 26.0. The van der Waals surface area contributed by atoms with Crippen LogP contribution < -0.4 is 10.6 Å². The topological polar surface area (TPSA) is 61.4 Å². The van der Waals surface area contributed by atoms with Crippen molar-refractivity contribution in [2.75, 3.05) is 26.2 Å². The van der Waals surface area contributed by atoms with E-state index in [-0.39, 0.29) is 11.9 Å². The zero-order valence-electron chi connectivity index (χ0n) is 14.1. The third kappa shape index (κ3) is 4.71. The molecule has 0 saturated carbocycles. The number of carbonyl (C=O) groups excluding carboxylic acids is 2. The molecule has 1 saturated heterocycles. The van der Waals surface area contributed by atoms with Crippen LogP contribution in [0.5, 0.6) is 0 Å². The molecule has 3 amide bonds. The Morgan fingerprint density at radius 2 is 2.09 bits per heavy atom. The van der Waals surface area contributed by atoms with E-state index < -0.39 is 0 Å². The molecule has 5 heteroatoms. The first kappa shape index (κ1) is 17.3. The number of carbonyl (C=O) groups is 2. The van der Waals surface area contributed by atoms with Gasteiger partial charge in [0.1, 0.15) is 0 Å². The Labute approximate surface area is 138 Å². The fraction of sp³-hybridized carbons (Fsp3) is 0.556. The van der Waals surface area contributed by atoms with Crippen LogP contribution in [0, 0.1) is 0 Å². The molecule has 5 nitrogen and oxygen atoms in total. The third-order valence-corrected chi connectivity index (χ3v) is 4.19. The summed E-state index contributed by atoms with van der Waals surface area (Å²) in [6.07, 6.45) is 2.97. The van der Waals surface area contributed by atoms with Crippen LogP contribution >= 0.6 is 0 Å². The number of piperidine rings is 1. The van der Waals surface area contributed by atoms with Gasteiger partial charge in [0.25, 0.3) is 5.91 Å². The molecule has 1 aromatic carbocycles. The summed E-state index contributed by atoms with van der Waals surface area (Å²) < 4.78 is 0. The van der Waals surface area contributed by atoms with Crippen molar-refractivity contribution in [1.29, 1.82) is 0 Å². The van der Waals surface area contributed by atoms with Crippen molar-refractivity contribution in [3.8, 4) is 0 Å². The van der Waals surface area contributed by atoms with Crippen LogP contribution in [-0.2, 0) is 0 Å². The van der Waals surface area contributed by atoms with Crippen LogP contribution in [0.1, 0.15) is 54.9 Å². The maximum absolute atomic E-state index is 12.1. The SMILES string of the molecule is CCCNC(=O)c1cccc([C@H]2CCCN(C(=O)NCC)C2)c1. The summed E-state index contributed by atoms with van der Waals surface area (Å²) in [5.74, 6) is 0.273. The van der Waals surface area contributed by atoms with Gasteiger partial charge in [-0.25, -0.2) is 4.79 Å². The summed E-state index contributed by atoms with van der Waals surface area (Å²) in [6.45, 7) is 6.82. The first-order valence-electron chi connectivity index (χ1n) is 8.56. The van der Waals surface area contributed by atoms with Crippen molar-refractivity contribution in [3.63, 3.8) is 0 Å². The second-order valence-electron chi connectivity index (χ2n) is 6.00. The lowest BCUT2D eigenvalue weighted by Crippen LogP contribution is -2.44. The quantitative estimate of drug-likeness (QED) is 0.877. The molecule has 126 valence electrons. The molecule has 0 bridgehead atoms. The summed E-state index contributed by atoms with van der Waals surface area (Å²) in [6, 6.07) is 7.81. The molecule has 1 aromatic rings. The lowest BCUT2D eigenvalue weighted by atomic mass is 9.89. The molecular formula is C18H27N3O2. The van der Waals surface area contributed by atoms with Crippen LogP contribution in [0.4, 0.5) is 4.79 Å². The lowest BCUT2D eigenvalue weighted by Gasteiger charge is -2.33. The van der Waals surface area contributed by atoms with Gasteiger partial charge in [-0.05, 0) is 43.9 Å². The largest absolute Gasteiger partial charge is 0.352 e. The number of benzene rings is 1. The molecule has 23 heavy (non-hydrogen) atoms. The highest BCUT2D eigenvalue weighted by Crippen LogP contribution is 2.27. The Hall–Kier alpha value is -2.04. The Balaban J connectivity index is 2.06. The smallest absolute Gasteiger partial charge is 0.317 e. The minimum atomic E-state index is -0.0231. The number of hydrogen-bond donors (Lipinski definition) is 2. The van der Waals surface area contributed by atoms with E-state index in [1.54, 1.807) is 0 Å². The molecule has 2 rings (SSSR count). The van der Waals surface area contributed by atoms with E-state index in [0.717, 1.165) is 31.4 Å². The van der Waals surface area contributed by atoms with Crippen LogP contribution in [-0.4, -0.2) is 43.0 Å². The van der Waals surface area contributed by atoms with Crippen LogP contribution in [0.25, 0.3) is 0 Å². The number of nitrogens with one attached hydrogen (secondary N) is 2. The molecule has 1 heterocycles. The van der Waals surface area contributed by atoms with Gasteiger partial charge in [-0.15, -0.1) is 0 Å². The van der Waals surface area contributed by atoms with Crippen molar-refractivity contribution in [2.45, 2.75) is 39.0 Å². The number of hydrogen-bond acceptors (Lipinski definition) is 2. The average molecular weight is 317 g/mol. The van der Waals surface area contributed by atoms with E-state index in [4.69, 9.17) is 0 Å². The van der Waals surface area contributed by atoms with E-state index in [1.807, 2.05) is 36.9 Å². The lowest BCUT2D eigenvalue weighted by molar-refractivity contribution is 0.0953. The molecule has 2 N–H and O–H groups in total. The number of urea groups is 1. The van der Waals surface area contributed by atoms with Crippen LogP contribution in [0.3, 0.4) is 0 Å². The van der Waals surface area contributed by atoms with Crippen LogP contribution in [0.15, 0.2) is 24.3 Å². The van der Waals surface area contributed by atoms with Gasteiger partial charge in [-0.3, -0.25) is 4.79 Å². The fourth-order valence-electron chi connectivity index (χ4n) is 2.97. The van der Waals surface area contributed by atoms with Crippen LogP contribution in [0.2, 0.25) is 0 Å². The minimum Gasteiger partial charge on any atom is -0.352 e. The van der Waals surface area contributed by atoms with E-state index in [0.29, 0.717) is 31.1 Å². The first-order chi connectivity index (χ1) is 11.2. The summed E-state index contributed by atoms with van der Waals surface area (Å²) in [5, 5.41) is 5.77. The molecule has 1 fully saturated rings. The molecule has 1 aliphatic heterocycles. The summed E-state index contributed by atoms with van der Waals surface area (Å²) in [5.41, 5.74) is 1.84. The highest BCUT2D eigenvalue weighted by Gasteiger charge is 2.24. The van der Waals surface area contributed by atoms with E-state index in [9.17, 15) is 9.59 Å². The molecule has 0 unspecified atom stereocenters. The van der Waals surface area contributed by atoms with Crippen molar-refractivity contribution in [1.82, 2.24) is 15.5 Å². The van der Waals surface area contributed by atoms with Crippen molar-refractivity contribution in [3.05, 3.63) is 35.4 Å². The normalized spacial score (nSPS) is 17.7. The minimum absolute atomic E-state index is 0.00837. The number of likely N-dealkylation sites (tertiary alicyclic amines) is 1. The van der Waals surface area contributed by atoms with E-state index >= 15 is 0 Å². The predicted molar refractivity (Wildman–Crippen MR) is 91.7 cm³/mol. The molecular weight excluding hydrogens is 290 g/mol. The van der Waals surface area contributed by atoms with Gasteiger partial charge in [-0.1, -0.05) is 19.1 Å². The highest BCUT2D eigenvalue weighted by atomic mass is 16.2. The van der Waals surface area contributed by atoms with Gasteiger partial charge < -0.3 is 15.5 Å². The Kier molecular flexibility index (Phi) is 6.44. The number of rotatable bonds is 5. The summed E-state index contributed by atoms with van der Waals surface area (Å²) in [7, 11) is 0. The molecule has 0 radical (unpaired) electrons. The Bertz CT molecular complexity index is 545. The average Bonchev–Trinajstić information content (AvgIpc) is 2.60. The van der Waals surface area contributed by atoms with Crippen molar-refractivity contribution < 1.29 is 9.59 Å². The second kappa shape index (κ2) is 8.56. The van der Waals surface area contributed by atoms with Gasteiger partial charge in [0, 0.05) is 37.7 Å². The maximum atomic E-state index is 12.1. The fourth-order valence-corrected chi connectivity index (χ4v) is 2.97. The van der Waals surface area contributed by atoms with Gasteiger partial charge >= 0.3 is 6.03 Å². The molecule has 0 aromatic heterocycles. The third-order valence-electron chi connectivity index (χ3n) is 4.19. The monoisotopic (exact) mass is 317 g/mol. The van der Waals surface area contributed by atoms with Gasteiger partial charge in [0.15, 0.2) is 0 Å². The van der Waals surface area contributed by atoms with Crippen molar-refractivity contribution in [2.24, 2.45) is 0 Å². The molecule has 1 aliphatic rings. The Morgan fingerprint density at radius 3 is 2.83 bits per heavy atom. The van der Waals surface area contributed by atoms with Crippen molar-refractivity contribution >= 4 is 11.9 Å². The molecule has 0 aliphatic carbocycles. The van der Waals surface area contributed by atoms with E-state index in [2.05, 4.69) is 16.7 Å². The number of nitrogens with zero attached hydrogens (tertiary/aromatic N) is 1. The first-order valence-corrected chi connectivity index (χ1v) is 8.56. The zero-order chi connectivity index (χ0) is 16.7. The molecule has 0 spiro atoms. The van der Waals surface area contributed by atoms with Gasteiger partial charge in [-0.2, -0.15) is 0 Å².